The van der Waals surface area contributed by atoms with Crippen molar-refractivity contribution in [3.8, 4) is 0 Å². The molecule has 1 rings (SSSR count). The predicted molar refractivity (Wildman–Crippen MR) is 69.1 cm³/mol. The van der Waals surface area contributed by atoms with E-state index in [1.54, 1.807) is 0 Å². The van der Waals surface area contributed by atoms with Crippen molar-refractivity contribution in [2.24, 2.45) is 5.92 Å². The van der Waals surface area contributed by atoms with Gasteiger partial charge < -0.3 is 10.4 Å². The molecule has 0 amide bonds. The Bertz CT molecular complexity index is 403. The third-order valence-corrected chi connectivity index (χ3v) is 3.20. The number of rotatable bonds is 7. The Balaban J connectivity index is 2.61. The first-order valence-corrected chi connectivity index (χ1v) is 6.30. The van der Waals surface area contributed by atoms with Crippen molar-refractivity contribution in [2.45, 2.75) is 33.2 Å². The minimum absolute atomic E-state index is 0.121. The normalized spacial score (nSPS) is 10.9. The van der Waals surface area contributed by atoms with Gasteiger partial charge in [0.25, 0.3) is 0 Å². The second-order valence-electron chi connectivity index (χ2n) is 4.42. The van der Waals surface area contributed by atoms with Crippen LogP contribution in [0, 0.1) is 11.7 Å². The Kier molecular flexibility index (Phi) is 5.78. The summed E-state index contributed by atoms with van der Waals surface area (Å²) in [6.07, 6.45) is 2.17. The van der Waals surface area contributed by atoms with Crippen LogP contribution in [-0.2, 0) is 6.54 Å². The van der Waals surface area contributed by atoms with Crippen molar-refractivity contribution >= 4 is 5.97 Å². The fourth-order valence-corrected chi connectivity index (χ4v) is 1.83. The molecule has 0 aromatic heterocycles. The number of carboxylic acids is 1. The summed E-state index contributed by atoms with van der Waals surface area (Å²) in [6, 6.07) is 3.87. The van der Waals surface area contributed by atoms with E-state index in [9.17, 15) is 9.18 Å². The zero-order valence-electron chi connectivity index (χ0n) is 10.9. The standard InChI is InChI=1S/C14H20FNO2/c1-3-10(4-2)8-16-9-12-7-11(14(17)18)5-6-13(12)15/h5-7,10,16H,3-4,8-9H2,1-2H3,(H,17,18). The van der Waals surface area contributed by atoms with Crippen molar-refractivity contribution in [1.29, 1.82) is 0 Å². The molecule has 0 saturated heterocycles. The number of aromatic carboxylic acids is 1. The van der Waals surface area contributed by atoms with Crippen LogP contribution in [0.4, 0.5) is 4.39 Å². The van der Waals surface area contributed by atoms with Gasteiger partial charge in [-0.05, 0) is 30.7 Å². The number of halogens is 1. The molecule has 0 saturated carbocycles. The lowest BCUT2D eigenvalue weighted by atomic mass is 10.0. The molecule has 3 nitrogen and oxygen atoms in total. The highest BCUT2D eigenvalue weighted by molar-refractivity contribution is 5.87. The van der Waals surface area contributed by atoms with Gasteiger partial charge in [-0.15, -0.1) is 0 Å². The summed E-state index contributed by atoms with van der Waals surface area (Å²) in [6.45, 7) is 5.44. The van der Waals surface area contributed by atoms with Gasteiger partial charge in [-0.2, -0.15) is 0 Å². The highest BCUT2D eigenvalue weighted by atomic mass is 19.1. The Morgan fingerprint density at radius 1 is 1.39 bits per heavy atom. The Morgan fingerprint density at radius 2 is 2.06 bits per heavy atom. The highest BCUT2D eigenvalue weighted by Crippen LogP contribution is 2.11. The van der Waals surface area contributed by atoms with Gasteiger partial charge in [-0.25, -0.2) is 9.18 Å². The molecule has 100 valence electrons. The van der Waals surface area contributed by atoms with Crippen LogP contribution >= 0.6 is 0 Å². The fourth-order valence-electron chi connectivity index (χ4n) is 1.83. The van der Waals surface area contributed by atoms with Crippen LogP contribution in [0.1, 0.15) is 42.6 Å². The van der Waals surface area contributed by atoms with Gasteiger partial charge >= 0.3 is 5.97 Å². The molecular weight excluding hydrogens is 233 g/mol. The summed E-state index contributed by atoms with van der Waals surface area (Å²) in [5.41, 5.74) is 0.525. The number of benzene rings is 1. The maximum atomic E-state index is 13.5. The van der Waals surface area contributed by atoms with E-state index in [1.807, 2.05) is 0 Å². The molecule has 0 radical (unpaired) electrons. The Morgan fingerprint density at radius 3 is 2.61 bits per heavy atom. The minimum Gasteiger partial charge on any atom is -0.478 e. The first-order valence-electron chi connectivity index (χ1n) is 6.30. The summed E-state index contributed by atoms with van der Waals surface area (Å²) in [7, 11) is 0. The molecule has 4 heteroatoms. The van der Waals surface area contributed by atoms with Gasteiger partial charge in [0, 0.05) is 12.1 Å². The lowest BCUT2D eigenvalue weighted by Crippen LogP contribution is -2.22. The third kappa shape index (κ3) is 4.11. The number of carbonyl (C=O) groups is 1. The maximum Gasteiger partial charge on any atom is 0.335 e. The summed E-state index contributed by atoms with van der Waals surface area (Å²) in [5.74, 6) is -0.816. The molecule has 18 heavy (non-hydrogen) atoms. The largest absolute Gasteiger partial charge is 0.478 e. The minimum atomic E-state index is -1.03. The monoisotopic (exact) mass is 253 g/mol. The number of nitrogens with one attached hydrogen (secondary N) is 1. The molecule has 0 atom stereocenters. The zero-order chi connectivity index (χ0) is 13.5. The fraction of sp³-hybridized carbons (Fsp3) is 0.500. The first-order chi connectivity index (χ1) is 8.58. The molecule has 0 spiro atoms. The molecule has 0 aliphatic heterocycles. The van der Waals surface area contributed by atoms with Crippen molar-refractivity contribution in [3.05, 3.63) is 35.1 Å². The zero-order valence-corrected chi connectivity index (χ0v) is 10.9. The summed E-state index contributed by atoms with van der Waals surface area (Å²) < 4.78 is 13.5. The first kappa shape index (κ1) is 14.6. The number of hydrogen-bond donors (Lipinski definition) is 2. The molecule has 0 fully saturated rings. The summed E-state index contributed by atoms with van der Waals surface area (Å²) >= 11 is 0. The van der Waals surface area contributed by atoms with Gasteiger partial charge in [0.15, 0.2) is 0 Å². The molecule has 1 aromatic rings. The van der Waals surface area contributed by atoms with Gasteiger partial charge in [0.05, 0.1) is 5.56 Å². The molecule has 1 aromatic carbocycles. The highest BCUT2D eigenvalue weighted by Gasteiger charge is 2.09. The van der Waals surface area contributed by atoms with E-state index in [0.717, 1.165) is 19.4 Å². The molecular formula is C14H20FNO2. The average molecular weight is 253 g/mol. The van der Waals surface area contributed by atoms with E-state index in [0.29, 0.717) is 18.0 Å². The molecule has 0 bridgehead atoms. The van der Waals surface area contributed by atoms with Crippen molar-refractivity contribution in [3.63, 3.8) is 0 Å². The quantitative estimate of drug-likeness (QED) is 0.785. The van der Waals surface area contributed by atoms with E-state index in [2.05, 4.69) is 19.2 Å². The van der Waals surface area contributed by atoms with Gasteiger partial charge in [-0.1, -0.05) is 26.7 Å². The van der Waals surface area contributed by atoms with E-state index in [4.69, 9.17) is 5.11 Å². The van der Waals surface area contributed by atoms with Crippen LogP contribution in [0.15, 0.2) is 18.2 Å². The summed E-state index contributed by atoms with van der Waals surface area (Å²) in [5, 5.41) is 12.0. The second kappa shape index (κ2) is 7.11. The number of hydrogen-bond acceptors (Lipinski definition) is 2. The predicted octanol–water partition coefficient (Wildman–Crippen LogP) is 3.05. The van der Waals surface area contributed by atoms with Gasteiger partial charge in [0.2, 0.25) is 0 Å². The lowest BCUT2D eigenvalue weighted by molar-refractivity contribution is 0.0696. The van der Waals surface area contributed by atoms with Crippen LogP contribution in [0.3, 0.4) is 0 Å². The number of carboxylic acid groups (broad SMARTS) is 1. The van der Waals surface area contributed by atoms with Crippen LogP contribution < -0.4 is 5.32 Å². The molecule has 0 aliphatic carbocycles. The van der Waals surface area contributed by atoms with Crippen LogP contribution in [0.5, 0.6) is 0 Å². The SMILES string of the molecule is CCC(CC)CNCc1cc(C(=O)O)ccc1F. The summed E-state index contributed by atoms with van der Waals surface area (Å²) in [4.78, 5) is 10.8. The van der Waals surface area contributed by atoms with Crippen LogP contribution in [-0.4, -0.2) is 17.6 Å². The van der Waals surface area contributed by atoms with Crippen LogP contribution in [0.25, 0.3) is 0 Å². The van der Waals surface area contributed by atoms with Crippen molar-refractivity contribution in [2.75, 3.05) is 6.54 Å². The molecule has 0 heterocycles. The van der Waals surface area contributed by atoms with E-state index in [-0.39, 0.29) is 11.4 Å². The second-order valence-corrected chi connectivity index (χ2v) is 4.42. The average Bonchev–Trinajstić information content (AvgIpc) is 2.36. The Labute approximate surface area is 107 Å². The Hall–Kier alpha value is -1.42. The van der Waals surface area contributed by atoms with Crippen molar-refractivity contribution < 1.29 is 14.3 Å². The van der Waals surface area contributed by atoms with Gasteiger partial charge in [-0.3, -0.25) is 0 Å². The van der Waals surface area contributed by atoms with Crippen molar-refractivity contribution in [1.82, 2.24) is 5.32 Å². The van der Waals surface area contributed by atoms with E-state index < -0.39 is 5.97 Å². The molecule has 2 N–H and O–H groups in total. The third-order valence-electron chi connectivity index (χ3n) is 3.20. The topological polar surface area (TPSA) is 49.3 Å². The van der Waals surface area contributed by atoms with Crippen LogP contribution in [0.2, 0.25) is 0 Å². The van der Waals surface area contributed by atoms with E-state index in [1.165, 1.54) is 18.2 Å². The van der Waals surface area contributed by atoms with E-state index >= 15 is 0 Å². The molecule has 0 unspecified atom stereocenters. The van der Waals surface area contributed by atoms with Gasteiger partial charge in [0.1, 0.15) is 5.82 Å². The maximum absolute atomic E-state index is 13.5. The molecule has 0 aliphatic rings. The lowest BCUT2D eigenvalue weighted by Gasteiger charge is -2.13. The smallest absolute Gasteiger partial charge is 0.335 e.